The molecular weight excluding hydrogens is 262 g/mol. The van der Waals surface area contributed by atoms with Gasteiger partial charge < -0.3 is 10.6 Å². The Morgan fingerprint density at radius 3 is 2.86 bits per heavy atom. The zero-order valence-electron chi connectivity index (χ0n) is 12.9. The van der Waals surface area contributed by atoms with E-state index in [0.29, 0.717) is 6.54 Å². The predicted octanol–water partition coefficient (Wildman–Crippen LogP) is 2.55. The molecule has 0 fully saturated rings. The van der Waals surface area contributed by atoms with Crippen molar-refractivity contribution < 1.29 is 4.79 Å². The molecule has 0 saturated heterocycles. The van der Waals surface area contributed by atoms with E-state index in [2.05, 4.69) is 27.8 Å². The lowest BCUT2D eigenvalue weighted by Gasteiger charge is -2.15. The first-order valence-electron chi connectivity index (χ1n) is 7.48. The van der Waals surface area contributed by atoms with E-state index in [-0.39, 0.29) is 11.9 Å². The number of carbonyl (C=O) groups is 1. The molecule has 21 heavy (non-hydrogen) atoms. The molecule has 2 rings (SSSR count). The second-order valence-corrected chi connectivity index (χ2v) is 5.33. The van der Waals surface area contributed by atoms with E-state index < -0.39 is 0 Å². The van der Waals surface area contributed by atoms with Crippen molar-refractivity contribution in [2.75, 3.05) is 6.54 Å². The van der Waals surface area contributed by atoms with E-state index >= 15 is 0 Å². The Morgan fingerprint density at radius 2 is 2.10 bits per heavy atom. The van der Waals surface area contributed by atoms with Crippen LogP contribution in [-0.4, -0.2) is 23.5 Å². The van der Waals surface area contributed by atoms with E-state index in [0.717, 1.165) is 29.6 Å². The van der Waals surface area contributed by atoms with Crippen LogP contribution in [-0.2, 0) is 11.3 Å². The van der Waals surface area contributed by atoms with Crippen LogP contribution in [0.5, 0.6) is 0 Å². The van der Waals surface area contributed by atoms with Crippen LogP contribution in [0.15, 0.2) is 30.3 Å². The Hall–Kier alpha value is -1.94. The molecule has 0 aliphatic carbocycles. The number of nitrogens with zero attached hydrogens (tertiary/aromatic N) is 1. The number of carbonyl (C=O) groups excluding carboxylic acids is 1. The predicted molar refractivity (Wildman–Crippen MR) is 86.1 cm³/mol. The van der Waals surface area contributed by atoms with E-state index in [9.17, 15) is 4.79 Å². The van der Waals surface area contributed by atoms with Crippen molar-refractivity contribution in [2.24, 2.45) is 0 Å². The van der Waals surface area contributed by atoms with E-state index in [1.807, 2.05) is 39.0 Å². The van der Waals surface area contributed by atoms with Gasteiger partial charge in [0, 0.05) is 24.2 Å². The lowest BCUT2D eigenvalue weighted by molar-refractivity contribution is -0.122. The number of hydrogen-bond acceptors (Lipinski definition) is 3. The molecule has 1 heterocycles. The van der Waals surface area contributed by atoms with Crippen LogP contribution in [0.2, 0.25) is 0 Å². The van der Waals surface area contributed by atoms with Gasteiger partial charge in [0.25, 0.3) is 0 Å². The van der Waals surface area contributed by atoms with Crippen LogP contribution in [0.1, 0.15) is 31.5 Å². The third-order valence-electron chi connectivity index (χ3n) is 3.47. The average molecular weight is 285 g/mol. The summed E-state index contributed by atoms with van der Waals surface area (Å²) in [6.45, 7) is 7.31. The first kappa shape index (κ1) is 15.4. The number of aryl methyl sites for hydroxylation is 1. The third kappa shape index (κ3) is 4.02. The van der Waals surface area contributed by atoms with Crippen molar-refractivity contribution in [1.29, 1.82) is 0 Å². The Bertz CT molecular complexity index is 624. The molecule has 1 unspecified atom stereocenters. The molecule has 2 aromatic rings. The minimum Gasteiger partial charge on any atom is -0.355 e. The van der Waals surface area contributed by atoms with E-state index in [1.54, 1.807) is 0 Å². The number of nitrogens with one attached hydrogen (secondary N) is 2. The molecule has 1 atom stereocenters. The van der Waals surface area contributed by atoms with Crippen molar-refractivity contribution in [3.8, 4) is 0 Å². The van der Waals surface area contributed by atoms with Gasteiger partial charge in [-0.05, 0) is 38.0 Å². The molecule has 2 N–H and O–H groups in total. The Labute approximate surface area is 126 Å². The number of hydrogen-bond donors (Lipinski definition) is 2. The van der Waals surface area contributed by atoms with Crippen molar-refractivity contribution in [3.63, 3.8) is 0 Å². The highest BCUT2D eigenvalue weighted by molar-refractivity contribution is 5.83. The second kappa shape index (κ2) is 7.18. The van der Waals surface area contributed by atoms with Gasteiger partial charge in [0.05, 0.1) is 11.6 Å². The van der Waals surface area contributed by atoms with Gasteiger partial charge in [-0.3, -0.25) is 9.78 Å². The highest BCUT2D eigenvalue weighted by Gasteiger charge is 2.12. The highest BCUT2D eigenvalue weighted by atomic mass is 16.2. The zero-order chi connectivity index (χ0) is 15.2. The van der Waals surface area contributed by atoms with Crippen molar-refractivity contribution >= 4 is 16.8 Å². The average Bonchev–Trinajstić information content (AvgIpc) is 2.49. The van der Waals surface area contributed by atoms with Gasteiger partial charge in [-0.1, -0.05) is 25.1 Å². The van der Waals surface area contributed by atoms with E-state index in [4.69, 9.17) is 0 Å². The standard InChI is InChI=1S/C17H23N3O/c1-4-9-18-17(21)13(3)19-11-14-10-12(2)20-16-8-6-5-7-15(14)16/h5-8,10,13,19H,4,9,11H2,1-3H3,(H,18,21). The van der Waals surface area contributed by atoms with Crippen LogP contribution in [0.3, 0.4) is 0 Å². The molecule has 0 spiro atoms. The summed E-state index contributed by atoms with van der Waals surface area (Å²) >= 11 is 0. The van der Waals surface area contributed by atoms with Crippen molar-refractivity contribution in [1.82, 2.24) is 15.6 Å². The molecule has 112 valence electrons. The minimum absolute atomic E-state index is 0.0481. The number of benzene rings is 1. The molecule has 4 heteroatoms. The topological polar surface area (TPSA) is 54.0 Å². The van der Waals surface area contributed by atoms with Gasteiger partial charge in [-0.25, -0.2) is 0 Å². The fourth-order valence-corrected chi connectivity index (χ4v) is 2.30. The smallest absolute Gasteiger partial charge is 0.236 e. The molecule has 1 aromatic heterocycles. The first-order chi connectivity index (χ1) is 10.1. The normalized spacial score (nSPS) is 12.3. The summed E-state index contributed by atoms with van der Waals surface area (Å²) in [6, 6.07) is 9.96. The lowest BCUT2D eigenvalue weighted by Crippen LogP contribution is -2.42. The summed E-state index contributed by atoms with van der Waals surface area (Å²) in [5.41, 5.74) is 3.17. The summed E-state index contributed by atoms with van der Waals surface area (Å²) in [7, 11) is 0. The van der Waals surface area contributed by atoms with Crippen molar-refractivity contribution in [3.05, 3.63) is 41.6 Å². The van der Waals surface area contributed by atoms with Gasteiger partial charge in [-0.15, -0.1) is 0 Å². The second-order valence-electron chi connectivity index (χ2n) is 5.33. The lowest BCUT2D eigenvalue weighted by atomic mass is 10.1. The zero-order valence-corrected chi connectivity index (χ0v) is 12.9. The number of pyridine rings is 1. The SMILES string of the molecule is CCCNC(=O)C(C)NCc1cc(C)nc2ccccc12. The number of amides is 1. The van der Waals surface area contributed by atoms with Gasteiger partial charge in [0.1, 0.15) is 0 Å². The molecule has 1 amide bonds. The largest absolute Gasteiger partial charge is 0.355 e. The van der Waals surface area contributed by atoms with Crippen LogP contribution >= 0.6 is 0 Å². The van der Waals surface area contributed by atoms with Crippen molar-refractivity contribution in [2.45, 2.75) is 39.8 Å². The molecule has 0 aliphatic heterocycles. The number of aromatic nitrogens is 1. The Morgan fingerprint density at radius 1 is 1.33 bits per heavy atom. The Balaban J connectivity index is 2.08. The molecule has 0 bridgehead atoms. The fraction of sp³-hybridized carbons (Fsp3) is 0.412. The third-order valence-corrected chi connectivity index (χ3v) is 3.47. The maximum Gasteiger partial charge on any atom is 0.236 e. The molecule has 0 radical (unpaired) electrons. The van der Waals surface area contributed by atoms with Crippen LogP contribution in [0, 0.1) is 6.92 Å². The number of para-hydroxylation sites is 1. The number of rotatable bonds is 6. The maximum absolute atomic E-state index is 11.9. The molecule has 0 aliphatic rings. The quantitative estimate of drug-likeness (QED) is 0.857. The van der Waals surface area contributed by atoms with Crippen LogP contribution < -0.4 is 10.6 Å². The summed E-state index contributed by atoms with van der Waals surface area (Å²) in [5, 5.41) is 7.33. The first-order valence-corrected chi connectivity index (χ1v) is 7.48. The molecule has 1 aromatic carbocycles. The fourth-order valence-electron chi connectivity index (χ4n) is 2.30. The molecule has 4 nitrogen and oxygen atoms in total. The molecular formula is C17H23N3O. The summed E-state index contributed by atoms with van der Waals surface area (Å²) in [6.07, 6.45) is 0.951. The maximum atomic E-state index is 11.9. The van der Waals surface area contributed by atoms with Gasteiger partial charge in [0.2, 0.25) is 5.91 Å². The summed E-state index contributed by atoms with van der Waals surface area (Å²) < 4.78 is 0. The highest BCUT2D eigenvalue weighted by Crippen LogP contribution is 2.18. The van der Waals surface area contributed by atoms with Gasteiger partial charge in [-0.2, -0.15) is 0 Å². The van der Waals surface area contributed by atoms with Gasteiger partial charge in [0.15, 0.2) is 0 Å². The number of fused-ring (bicyclic) bond motifs is 1. The molecule has 0 saturated carbocycles. The Kier molecular flexibility index (Phi) is 5.28. The van der Waals surface area contributed by atoms with Gasteiger partial charge >= 0.3 is 0 Å². The monoisotopic (exact) mass is 285 g/mol. The van der Waals surface area contributed by atoms with Crippen LogP contribution in [0.4, 0.5) is 0 Å². The minimum atomic E-state index is -0.205. The van der Waals surface area contributed by atoms with E-state index in [1.165, 1.54) is 5.56 Å². The summed E-state index contributed by atoms with van der Waals surface area (Å²) in [5.74, 6) is 0.0481. The summed E-state index contributed by atoms with van der Waals surface area (Å²) in [4.78, 5) is 16.4. The van der Waals surface area contributed by atoms with Crippen LogP contribution in [0.25, 0.3) is 10.9 Å².